The lowest BCUT2D eigenvalue weighted by atomic mass is 10.2. The average molecular weight is 456 g/mol. The molecule has 3 aromatic rings. The summed E-state index contributed by atoms with van der Waals surface area (Å²) in [7, 11) is 1.46. The third-order valence-electron chi connectivity index (χ3n) is 4.27. The first-order valence-electron chi connectivity index (χ1n) is 9.41. The number of amides is 2. The number of para-hydroxylation sites is 2. The Hall–Kier alpha value is -3.91. The third kappa shape index (κ3) is 6.05. The van der Waals surface area contributed by atoms with Gasteiger partial charge in [0, 0.05) is 5.56 Å². The van der Waals surface area contributed by atoms with Gasteiger partial charge in [-0.05, 0) is 54.1 Å². The Balaban J connectivity index is 1.51. The fourth-order valence-corrected chi connectivity index (χ4v) is 2.84. The summed E-state index contributed by atoms with van der Waals surface area (Å²) >= 11 is 5.98. The smallest absolute Gasteiger partial charge is 0.329 e. The molecule has 0 aromatic heterocycles. The van der Waals surface area contributed by atoms with Crippen LogP contribution in [0.4, 0.5) is 10.1 Å². The molecule has 7 nitrogen and oxygen atoms in total. The standard InChI is InChI=1S/C23H19ClFN3O4/c1-31-21-8-3-2-7-20(21)27-22(29)23(30)28-26-13-15-9-11-16(12-10-15)32-14-17-18(24)5-4-6-19(17)25/h2-13H,14H2,1H3,(H,27,29)(H,28,30)/b26-13+. The molecule has 0 spiro atoms. The minimum atomic E-state index is -0.936. The van der Waals surface area contributed by atoms with Crippen molar-refractivity contribution in [2.75, 3.05) is 12.4 Å². The lowest BCUT2D eigenvalue weighted by molar-refractivity contribution is -0.136. The molecule has 0 saturated heterocycles. The van der Waals surface area contributed by atoms with Crippen molar-refractivity contribution in [3.8, 4) is 11.5 Å². The summed E-state index contributed by atoms with van der Waals surface area (Å²) < 4.78 is 24.5. The zero-order chi connectivity index (χ0) is 22.9. The van der Waals surface area contributed by atoms with Crippen molar-refractivity contribution in [3.63, 3.8) is 0 Å². The zero-order valence-corrected chi connectivity index (χ0v) is 17.7. The molecular weight excluding hydrogens is 437 g/mol. The van der Waals surface area contributed by atoms with Crippen molar-refractivity contribution in [2.24, 2.45) is 5.10 Å². The van der Waals surface area contributed by atoms with Gasteiger partial charge in [0.2, 0.25) is 0 Å². The molecule has 0 unspecified atom stereocenters. The quantitative estimate of drug-likeness (QED) is 0.318. The monoisotopic (exact) mass is 455 g/mol. The second-order valence-electron chi connectivity index (χ2n) is 6.41. The van der Waals surface area contributed by atoms with Gasteiger partial charge in [-0.2, -0.15) is 5.10 Å². The van der Waals surface area contributed by atoms with Crippen LogP contribution in [-0.4, -0.2) is 25.1 Å². The van der Waals surface area contributed by atoms with Crippen LogP contribution in [0.25, 0.3) is 0 Å². The van der Waals surface area contributed by atoms with Gasteiger partial charge in [-0.25, -0.2) is 9.82 Å². The molecule has 0 radical (unpaired) electrons. The van der Waals surface area contributed by atoms with E-state index in [4.69, 9.17) is 21.1 Å². The van der Waals surface area contributed by atoms with Gasteiger partial charge in [0.15, 0.2) is 0 Å². The number of hydrazone groups is 1. The van der Waals surface area contributed by atoms with Crippen LogP contribution < -0.4 is 20.2 Å². The van der Waals surface area contributed by atoms with Crippen LogP contribution in [0.5, 0.6) is 11.5 Å². The van der Waals surface area contributed by atoms with Crippen molar-refractivity contribution in [1.29, 1.82) is 0 Å². The van der Waals surface area contributed by atoms with Crippen LogP contribution in [0, 0.1) is 5.82 Å². The fraction of sp³-hybridized carbons (Fsp3) is 0.0870. The van der Waals surface area contributed by atoms with Gasteiger partial charge in [0.1, 0.15) is 23.9 Å². The van der Waals surface area contributed by atoms with Crippen LogP contribution in [0.15, 0.2) is 71.8 Å². The number of anilines is 1. The molecule has 9 heteroatoms. The number of carbonyl (C=O) groups is 2. The van der Waals surface area contributed by atoms with Gasteiger partial charge in [-0.15, -0.1) is 0 Å². The number of carbonyl (C=O) groups excluding carboxylic acids is 2. The SMILES string of the molecule is COc1ccccc1NC(=O)C(=O)N/N=C/c1ccc(OCc2c(F)cccc2Cl)cc1. The predicted molar refractivity (Wildman–Crippen MR) is 120 cm³/mol. The number of nitrogens with zero attached hydrogens (tertiary/aromatic N) is 1. The summed E-state index contributed by atoms with van der Waals surface area (Å²) in [5.41, 5.74) is 3.44. The maximum Gasteiger partial charge on any atom is 0.329 e. The summed E-state index contributed by atoms with van der Waals surface area (Å²) in [5, 5.41) is 6.51. The fourth-order valence-electron chi connectivity index (χ4n) is 2.62. The number of ether oxygens (including phenoxy) is 2. The predicted octanol–water partition coefficient (Wildman–Crippen LogP) is 4.16. The van der Waals surface area contributed by atoms with Crippen LogP contribution >= 0.6 is 11.6 Å². The molecular formula is C23H19ClFN3O4. The van der Waals surface area contributed by atoms with E-state index >= 15 is 0 Å². The first-order valence-corrected chi connectivity index (χ1v) is 9.79. The molecule has 0 atom stereocenters. The van der Waals surface area contributed by atoms with Crippen molar-refractivity contribution < 1.29 is 23.5 Å². The summed E-state index contributed by atoms with van der Waals surface area (Å²) in [5.74, 6) is -1.33. The van der Waals surface area contributed by atoms with Crippen molar-refractivity contribution in [3.05, 3.63) is 88.7 Å². The third-order valence-corrected chi connectivity index (χ3v) is 4.62. The Bertz CT molecular complexity index is 1120. The van der Waals surface area contributed by atoms with Crippen molar-refractivity contribution in [1.82, 2.24) is 5.43 Å². The highest BCUT2D eigenvalue weighted by Crippen LogP contribution is 2.23. The van der Waals surface area contributed by atoms with E-state index in [0.717, 1.165) is 0 Å². The number of rotatable bonds is 7. The minimum absolute atomic E-state index is 0.0175. The second kappa shape index (κ2) is 10.9. The molecule has 0 fully saturated rings. The van der Waals surface area contributed by atoms with Gasteiger partial charge in [0.05, 0.1) is 24.0 Å². The van der Waals surface area contributed by atoms with E-state index in [1.807, 2.05) is 0 Å². The van der Waals surface area contributed by atoms with Crippen molar-refractivity contribution in [2.45, 2.75) is 6.61 Å². The van der Waals surface area contributed by atoms with Gasteiger partial charge >= 0.3 is 11.8 Å². The highest BCUT2D eigenvalue weighted by atomic mass is 35.5. The Morgan fingerprint density at radius 3 is 2.50 bits per heavy atom. The van der Waals surface area contributed by atoms with E-state index < -0.39 is 17.6 Å². The van der Waals surface area contributed by atoms with Gasteiger partial charge in [-0.1, -0.05) is 29.8 Å². The van der Waals surface area contributed by atoms with E-state index in [1.54, 1.807) is 54.6 Å². The number of methoxy groups -OCH3 is 1. The van der Waals surface area contributed by atoms with E-state index in [-0.39, 0.29) is 12.2 Å². The minimum Gasteiger partial charge on any atom is -0.495 e. The van der Waals surface area contributed by atoms with Gasteiger partial charge in [0.25, 0.3) is 0 Å². The van der Waals surface area contributed by atoms with Crippen LogP contribution in [0.1, 0.15) is 11.1 Å². The normalized spacial score (nSPS) is 10.6. The van der Waals surface area contributed by atoms with Crippen molar-refractivity contribution >= 4 is 35.3 Å². The van der Waals surface area contributed by atoms with E-state index in [0.29, 0.717) is 27.8 Å². The molecule has 0 aliphatic heterocycles. The summed E-state index contributed by atoms with van der Waals surface area (Å²) in [6.07, 6.45) is 1.37. The van der Waals surface area contributed by atoms with E-state index in [1.165, 1.54) is 25.5 Å². The number of hydrogen-bond donors (Lipinski definition) is 2. The van der Waals surface area contributed by atoms with E-state index in [9.17, 15) is 14.0 Å². The molecule has 0 aliphatic rings. The van der Waals surface area contributed by atoms with Crippen LogP contribution in [0.2, 0.25) is 5.02 Å². The molecule has 32 heavy (non-hydrogen) atoms. The Morgan fingerprint density at radius 2 is 1.78 bits per heavy atom. The number of halogens is 2. The maximum atomic E-state index is 13.8. The lowest BCUT2D eigenvalue weighted by Crippen LogP contribution is -2.32. The first-order chi connectivity index (χ1) is 15.5. The summed E-state index contributed by atoms with van der Waals surface area (Å²) in [6.45, 7) is -0.0175. The molecule has 2 N–H and O–H groups in total. The first kappa shape index (κ1) is 22.8. The number of benzene rings is 3. The van der Waals surface area contributed by atoms with Gasteiger partial charge < -0.3 is 14.8 Å². The number of nitrogens with one attached hydrogen (secondary N) is 2. The molecule has 164 valence electrons. The Morgan fingerprint density at radius 1 is 1.03 bits per heavy atom. The summed E-state index contributed by atoms with van der Waals surface area (Å²) in [6, 6.07) is 17.8. The highest BCUT2D eigenvalue weighted by Gasteiger charge is 2.14. The molecule has 0 aliphatic carbocycles. The Kier molecular flexibility index (Phi) is 7.77. The molecule has 0 saturated carbocycles. The molecule has 2 amide bonds. The van der Waals surface area contributed by atoms with Gasteiger partial charge in [-0.3, -0.25) is 9.59 Å². The Labute approximate surface area is 188 Å². The molecule has 0 bridgehead atoms. The molecule has 0 heterocycles. The topological polar surface area (TPSA) is 89.0 Å². The maximum absolute atomic E-state index is 13.8. The summed E-state index contributed by atoms with van der Waals surface area (Å²) in [4.78, 5) is 23.9. The lowest BCUT2D eigenvalue weighted by Gasteiger charge is -2.09. The largest absolute Gasteiger partial charge is 0.495 e. The number of hydrogen-bond acceptors (Lipinski definition) is 5. The van der Waals surface area contributed by atoms with Crippen LogP contribution in [-0.2, 0) is 16.2 Å². The zero-order valence-electron chi connectivity index (χ0n) is 17.0. The average Bonchev–Trinajstić information content (AvgIpc) is 2.80. The van der Waals surface area contributed by atoms with E-state index in [2.05, 4.69) is 15.8 Å². The molecule has 3 rings (SSSR count). The molecule has 3 aromatic carbocycles. The van der Waals surface area contributed by atoms with Crippen LogP contribution in [0.3, 0.4) is 0 Å². The highest BCUT2D eigenvalue weighted by molar-refractivity contribution is 6.39. The second-order valence-corrected chi connectivity index (χ2v) is 6.82.